The third-order valence-electron chi connectivity index (χ3n) is 3.82. The Morgan fingerprint density at radius 3 is 2.84 bits per heavy atom. The monoisotopic (exact) mass is 263 g/mol. The molecule has 1 aliphatic heterocycles. The van der Waals surface area contributed by atoms with E-state index < -0.39 is 11.5 Å². The zero-order valence-corrected chi connectivity index (χ0v) is 11.8. The van der Waals surface area contributed by atoms with Gasteiger partial charge in [0, 0.05) is 13.0 Å². The van der Waals surface area contributed by atoms with Gasteiger partial charge >= 0.3 is 5.97 Å². The minimum Gasteiger partial charge on any atom is -0.493 e. The number of ether oxygens (including phenoxy) is 1. The summed E-state index contributed by atoms with van der Waals surface area (Å²) < 4.78 is 5.48. The Bertz CT molecular complexity index is 482. The van der Waals surface area contributed by atoms with E-state index in [1.165, 1.54) is 5.56 Å². The number of rotatable bonds is 5. The van der Waals surface area contributed by atoms with Gasteiger partial charge in [-0.05, 0) is 37.6 Å². The number of carboxylic acid groups (broad SMARTS) is 1. The summed E-state index contributed by atoms with van der Waals surface area (Å²) in [5, 5.41) is 9.31. The molecule has 0 aromatic heterocycles. The molecule has 0 radical (unpaired) electrons. The Hall–Kier alpha value is -1.55. The molecule has 1 aromatic carbocycles. The fourth-order valence-corrected chi connectivity index (χ4v) is 2.40. The van der Waals surface area contributed by atoms with Crippen molar-refractivity contribution in [2.24, 2.45) is 0 Å². The van der Waals surface area contributed by atoms with Gasteiger partial charge < -0.3 is 9.84 Å². The maximum atomic E-state index is 11.3. The molecule has 4 nitrogen and oxygen atoms in total. The first-order valence-corrected chi connectivity index (χ1v) is 6.68. The van der Waals surface area contributed by atoms with Gasteiger partial charge in [0.15, 0.2) is 0 Å². The van der Waals surface area contributed by atoms with E-state index in [1.54, 1.807) is 13.8 Å². The number of benzene rings is 1. The highest BCUT2D eigenvalue weighted by atomic mass is 16.5. The molecule has 2 rings (SSSR count). The lowest BCUT2D eigenvalue weighted by molar-refractivity contribution is -0.149. The summed E-state index contributed by atoms with van der Waals surface area (Å²) in [7, 11) is 0. The average Bonchev–Trinajstić information content (AvgIpc) is 2.82. The van der Waals surface area contributed by atoms with Crippen LogP contribution in [0.25, 0.3) is 0 Å². The summed E-state index contributed by atoms with van der Waals surface area (Å²) in [6.45, 7) is 7.57. The Labute approximate surface area is 114 Å². The van der Waals surface area contributed by atoms with Crippen molar-refractivity contribution in [3.05, 3.63) is 29.3 Å². The molecule has 0 spiro atoms. The predicted molar refractivity (Wildman–Crippen MR) is 73.4 cm³/mol. The van der Waals surface area contributed by atoms with Gasteiger partial charge in [-0.3, -0.25) is 9.69 Å². The second-order valence-corrected chi connectivity index (χ2v) is 5.42. The van der Waals surface area contributed by atoms with Gasteiger partial charge in [0.25, 0.3) is 0 Å². The molecule has 1 heterocycles. The van der Waals surface area contributed by atoms with Crippen LogP contribution in [0, 0.1) is 0 Å². The Balaban J connectivity index is 2.17. The van der Waals surface area contributed by atoms with Crippen molar-refractivity contribution < 1.29 is 14.6 Å². The third kappa shape index (κ3) is 2.73. The van der Waals surface area contributed by atoms with Crippen molar-refractivity contribution in [3.63, 3.8) is 0 Å². The average molecular weight is 263 g/mol. The first kappa shape index (κ1) is 13.9. The molecule has 0 aliphatic carbocycles. The van der Waals surface area contributed by atoms with Crippen LogP contribution < -0.4 is 4.74 Å². The Morgan fingerprint density at radius 2 is 2.21 bits per heavy atom. The zero-order valence-electron chi connectivity index (χ0n) is 11.8. The lowest BCUT2D eigenvalue weighted by Gasteiger charge is -2.34. The van der Waals surface area contributed by atoms with Crippen LogP contribution in [-0.2, 0) is 17.8 Å². The minimum atomic E-state index is -0.857. The fourth-order valence-electron chi connectivity index (χ4n) is 2.40. The van der Waals surface area contributed by atoms with Gasteiger partial charge in [0.2, 0.25) is 0 Å². The highest BCUT2D eigenvalue weighted by Crippen LogP contribution is 2.27. The molecule has 0 saturated carbocycles. The number of carbonyl (C=O) groups is 1. The molecule has 0 fully saturated rings. The predicted octanol–water partition coefficient (Wildman–Crippen LogP) is 2.31. The smallest absolute Gasteiger partial charge is 0.323 e. The summed E-state index contributed by atoms with van der Waals surface area (Å²) >= 11 is 0. The van der Waals surface area contributed by atoms with Crippen LogP contribution in [0.5, 0.6) is 5.75 Å². The number of fused-ring (bicyclic) bond motifs is 1. The van der Waals surface area contributed by atoms with Crippen molar-refractivity contribution in [1.82, 2.24) is 4.90 Å². The summed E-state index contributed by atoms with van der Waals surface area (Å²) in [4.78, 5) is 13.3. The molecule has 0 atom stereocenters. The second kappa shape index (κ2) is 5.21. The Kier molecular flexibility index (Phi) is 3.80. The molecule has 0 unspecified atom stereocenters. The van der Waals surface area contributed by atoms with Crippen LogP contribution in [0.2, 0.25) is 0 Å². The second-order valence-electron chi connectivity index (χ2n) is 5.42. The number of nitrogens with zero attached hydrogens (tertiary/aromatic N) is 1. The van der Waals surface area contributed by atoms with Crippen molar-refractivity contribution in [2.45, 2.75) is 39.3 Å². The van der Waals surface area contributed by atoms with Crippen molar-refractivity contribution in [2.75, 3.05) is 13.2 Å². The summed E-state index contributed by atoms with van der Waals surface area (Å²) in [6, 6.07) is 6.13. The van der Waals surface area contributed by atoms with Crippen LogP contribution in [0.3, 0.4) is 0 Å². The van der Waals surface area contributed by atoms with Crippen LogP contribution in [-0.4, -0.2) is 34.7 Å². The SMILES string of the molecule is CCN(Cc1ccc2c(c1)CCO2)C(C)(C)C(=O)O. The number of aliphatic carboxylic acids is 1. The third-order valence-corrected chi connectivity index (χ3v) is 3.82. The van der Waals surface area contributed by atoms with Crippen LogP contribution in [0.1, 0.15) is 31.9 Å². The van der Waals surface area contributed by atoms with Crippen molar-refractivity contribution in [3.8, 4) is 5.75 Å². The van der Waals surface area contributed by atoms with E-state index in [9.17, 15) is 9.90 Å². The number of hydrogen-bond donors (Lipinski definition) is 1. The van der Waals surface area contributed by atoms with E-state index in [0.717, 1.165) is 24.3 Å². The van der Waals surface area contributed by atoms with E-state index in [1.807, 2.05) is 24.0 Å². The molecule has 19 heavy (non-hydrogen) atoms. The standard InChI is InChI=1S/C15H21NO3/c1-4-16(15(2,3)14(17)18)10-11-5-6-13-12(9-11)7-8-19-13/h5-6,9H,4,7-8,10H2,1-3H3,(H,17,18). The van der Waals surface area contributed by atoms with Gasteiger partial charge in [-0.15, -0.1) is 0 Å². The van der Waals surface area contributed by atoms with E-state index in [-0.39, 0.29) is 0 Å². The highest BCUT2D eigenvalue weighted by molar-refractivity contribution is 5.77. The van der Waals surface area contributed by atoms with Crippen LogP contribution in [0.4, 0.5) is 0 Å². The number of hydrogen-bond acceptors (Lipinski definition) is 3. The molecule has 1 aliphatic rings. The minimum absolute atomic E-state index is 0.642. The van der Waals surface area contributed by atoms with Crippen molar-refractivity contribution >= 4 is 5.97 Å². The molecule has 4 heteroatoms. The molecule has 104 valence electrons. The highest BCUT2D eigenvalue weighted by Gasteiger charge is 2.33. The van der Waals surface area contributed by atoms with Gasteiger partial charge in [-0.1, -0.05) is 19.1 Å². The summed E-state index contributed by atoms with van der Waals surface area (Å²) in [5.74, 6) is 0.170. The molecule has 0 saturated heterocycles. The van der Waals surface area contributed by atoms with Gasteiger partial charge in [-0.25, -0.2) is 0 Å². The van der Waals surface area contributed by atoms with Gasteiger partial charge in [-0.2, -0.15) is 0 Å². The summed E-state index contributed by atoms with van der Waals surface area (Å²) in [5.41, 5.74) is 1.51. The molecule has 0 bridgehead atoms. The number of likely N-dealkylation sites (N-methyl/N-ethyl adjacent to an activating group) is 1. The molecular weight excluding hydrogens is 242 g/mol. The van der Waals surface area contributed by atoms with E-state index in [0.29, 0.717) is 13.1 Å². The fraction of sp³-hybridized carbons (Fsp3) is 0.533. The molecule has 0 amide bonds. The molecule has 1 N–H and O–H groups in total. The first-order valence-electron chi connectivity index (χ1n) is 6.68. The van der Waals surface area contributed by atoms with Gasteiger partial charge in [0.1, 0.15) is 11.3 Å². The topological polar surface area (TPSA) is 49.8 Å². The van der Waals surface area contributed by atoms with Gasteiger partial charge in [0.05, 0.1) is 6.61 Å². The number of carboxylic acids is 1. The first-order chi connectivity index (χ1) is 8.95. The normalized spacial score (nSPS) is 14.3. The maximum Gasteiger partial charge on any atom is 0.323 e. The van der Waals surface area contributed by atoms with E-state index >= 15 is 0 Å². The lowest BCUT2D eigenvalue weighted by atomic mass is 10.0. The largest absolute Gasteiger partial charge is 0.493 e. The summed E-state index contributed by atoms with van der Waals surface area (Å²) in [6.07, 6.45) is 0.942. The molecular formula is C15H21NO3. The quantitative estimate of drug-likeness (QED) is 0.885. The Morgan fingerprint density at radius 1 is 1.47 bits per heavy atom. The maximum absolute atomic E-state index is 11.3. The van der Waals surface area contributed by atoms with Crippen LogP contribution in [0.15, 0.2) is 18.2 Å². The molecule has 1 aromatic rings. The van der Waals surface area contributed by atoms with E-state index in [2.05, 4.69) is 6.07 Å². The van der Waals surface area contributed by atoms with Crippen molar-refractivity contribution in [1.29, 1.82) is 0 Å². The zero-order chi connectivity index (χ0) is 14.0. The van der Waals surface area contributed by atoms with Crippen LogP contribution >= 0.6 is 0 Å². The lowest BCUT2D eigenvalue weighted by Crippen LogP contribution is -2.49. The van der Waals surface area contributed by atoms with E-state index in [4.69, 9.17) is 4.74 Å².